The summed E-state index contributed by atoms with van der Waals surface area (Å²) in [5, 5.41) is 1.20. The summed E-state index contributed by atoms with van der Waals surface area (Å²) in [6.45, 7) is 2.07. The lowest BCUT2D eigenvalue weighted by Gasteiger charge is -2.12. The van der Waals surface area contributed by atoms with Crippen LogP contribution in [0.2, 0.25) is 0 Å². The van der Waals surface area contributed by atoms with Crippen molar-refractivity contribution >= 4 is 28.2 Å². The van der Waals surface area contributed by atoms with Crippen molar-refractivity contribution in [2.45, 2.75) is 24.6 Å². The lowest BCUT2D eigenvalue weighted by Crippen LogP contribution is -2.26. The van der Waals surface area contributed by atoms with Crippen LogP contribution < -0.4 is 10.6 Å². The molecule has 1 fully saturated rings. The molecule has 3 nitrogen and oxygen atoms in total. The molecule has 0 bridgehead atoms. The van der Waals surface area contributed by atoms with Crippen molar-refractivity contribution in [3.05, 3.63) is 10.6 Å². The smallest absolute Gasteiger partial charge is 0.185 e. The molecule has 0 saturated carbocycles. The molecule has 2 aliphatic rings. The number of nitrogens with zero attached hydrogens (tertiary/aromatic N) is 2. The summed E-state index contributed by atoms with van der Waals surface area (Å²) >= 11 is 3.89. The van der Waals surface area contributed by atoms with Gasteiger partial charge < -0.3 is 10.6 Å². The molecule has 1 atom stereocenters. The average Bonchev–Trinajstić information content (AvgIpc) is 2.82. The van der Waals surface area contributed by atoms with E-state index < -0.39 is 0 Å². The van der Waals surface area contributed by atoms with Gasteiger partial charge in [0.25, 0.3) is 0 Å². The number of hydrogen-bond donors (Lipinski definition) is 1. The number of nitrogens with two attached hydrogens (primary N) is 1. The van der Waals surface area contributed by atoms with Crippen LogP contribution >= 0.6 is 23.1 Å². The monoisotopic (exact) mass is 241 g/mol. The minimum absolute atomic E-state index is 0.348. The zero-order valence-corrected chi connectivity index (χ0v) is 10.2. The van der Waals surface area contributed by atoms with E-state index in [0.29, 0.717) is 6.04 Å². The molecule has 1 saturated heterocycles. The van der Waals surface area contributed by atoms with Gasteiger partial charge in [-0.3, -0.25) is 0 Å². The number of thioether (sulfide) groups is 1. The molecule has 2 aliphatic heterocycles. The van der Waals surface area contributed by atoms with E-state index in [1.165, 1.54) is 21.5 Å². The second-order valence-corrected chi connectivity index (χ2v) is 6.33. The van der Waals surface area contributed by atoms with Crippen molar-refractivity contribution in [3.8, 4) is 0 Å². The Morgan fingerprint density at radius 3 is 3.13 bits per heavy atom. The molecule has 0 spiro atoms. The van der Waals surface area contributed by atoms with Crippen molar-refractivity contribution in [2.24, 2.45) is 5.73 Å². The van der Waals surface area contributed by atoms with Crippen LogP contribution in [0.15, 0.2) is 0 Å². The van der Waals surface area contributed by atoms with Crippen LogP contribution in [0.4, 0.5) is 5.13 Å². The molecule has 0 amide bonds. The maximum atomic E-state index is 5.92. The minimum Gasteiger partial charge on any atom is -0.346 e. The van der Waals surface area contributed by atoms with E-state index in [2.05, 4.69) is 4.90 Å². The Morgan fingerprint density at radius 2 is 2.40 bits per heavy atom. The highest BCUT2D eigenvalue weighted by Crippen LogP contribution is 2.34. The fourth-order valence-corrected chi connectivity index (χ4v) is 4.36. The second kappa shape index (κ2) is 3.96. The Morgan fingerprint density at radius 1 is 1.47 bits per heavy atom. The minimum atomic E-state index is 0.348. The molecular formula is C10H15N3S2. The van der Waals surface area contributed by atoms with Crippen LogP contribution in [-0.2, 0) is 12.2 Å². The highest BCUT2D eigenvalue weighted by Gasteiger charge is 2.24. The summed E-state index contributed by atoms with van der Waals surface area (Å²) in [5.74, 6) is 2.39. The molecule has 1 unspecified atom stereocenters. The Hall–Kier alpha value is -0.260. The molecule has 82 valence electrons. The van der Waals surface area contributed by atoms with Gasteiger partial charge in [-0.05, 0) is 18.6 Å². The molecule has 3 heterocycles. The summed E-state index contributed by atoms with van der Waals surface area (Å²) in [7, 11) is 0. The molecule has 0 aliphatic carbocycles. The number of fused-ring (bicyclic) bond motifs is 1. The van der Waals surface area contributed by atoms with Crippen molar-refractivity contribution in [1.82, 2.24) is 4.98 Å². The molecule has 0 aromatic carbocycles. The summed E-state index contributed by atoms with van der Waals surface area (Å²) in [5.41, 5.74) is 7.26. The zero-order chi connectivity index (χ0) is 10.3. The largest absolute Gasteiger partial charge is 0.346 e. The fourth-order valence-electron chi connectivity index (χ4n) is 2.11. The number of hydrogen-bond acceptors (Lipinski definition) is 5. The van der Waals surface area contributed by atoms with Gasteiger partial charge in [-0.1, -0.05) is 0 Å². The van der Waals surface area contributed by atoms with Gasteiger partial charge in [-0.2, -0.15) is 11.8 Å². The predicted molar refractivity (Wildman–Crippen MR) is 66.8 cm³/mol. The summed E-state index contributed by atoms with van der Waals surface area (Å²) in [4.78, 5) is 8.58. The number of anilines is 1. The Balaban J connectivity index is 1.83. The first-order chi connectivity index (χ1) is 7.33. The van der Waals surface area contributed by atoms with E-state index in [0.717, 1.165) is 31.7 Å². The average molecular weight is 241 g/mol. The van der Waals surface area contributed by atoms with Gasteiger partial charge in [0.05, 0.1) is 5.69 Å². The van der Waals surface area contributed by atoms with Gasteiger partial charge in [-0.15, -0.1) is 11.3 Å². The quantitative estimate of drug-likeness (QED) is 0.808. The van der Waals surface area contributed by atoms with Gasteiger partial charge in [-0.25, -0.2) is 4.98 Å². The number of aryl methyl sites for hydroxylation is 1. The maximum Gasteiger partial charge on any atom is 0.185 e. The van der Waals surface area contributed by atoms with E-state index in [9.17, 15) is 0 Å². The Labute approximate surface area is 98.1 Å². The van der Waals surface area contributed by atoms with Crippen LogP contribution in [0.5, 0.6) is 0 Å². The highest BCUT2D eigenvalue weighted by atomic mass is 32.2. The summed E-state index contributed by atoms with van der Waals surface area (Å²) in [6, 6.07) is 0.348. The first-order valence-corrected chi connectivity index (χ1v) is 7.37. The number of rotatable bonds is 1. The first kappa shape index (κ1) is 9.93. The Kier molecular flexibility index (Phi) is 2.62. The van der Waals surface area contributed by atoms with Crippen LogP contribution in [0.3, 0.4) is 0 Å². The van der Waals surface area contributed by atoms with Gasteiger partial charge in [0.1, 0.15) is 0 Å². The van der Waals surface area contributed by atoms with Gasteiger partial charge in [0, 0.05) is 29.8 Å². The molecule has 1 aromatic rings. The normalized spacial score (nSPS) is 25.7. The lowest BCUT2D eigenvalue weighted by atomic mass is 10.3. The van der Waals surface area contributed by atoms with Crippen molar-refractivity contribution in [3.63, 3.8) is 0 Å². The molecule has 2 N–H and O–H groups in total. The second-order valence-electron chi connectivity index (χ2n) is 4.16. The maximum absolute atomic E-state index is 5.92. The molecule has 5 heteroatoms. The number of aromatic nitrogens is 1. The van der Waals surface area contributed by atoms with Gasteiger partial charge >= 0.3 is 0 Å². The zero-order valence-electron chi connectivity index (χ0n) is 8.61. The van der Waals surface area contributed by atoms with E-state index >= 15 is 0 Å². The lowest BCUT2D eigenvalue weighted by molar-refractivity contribution is 0.752. The van der Waals surface area contributed by atoms with Crippen LogP contribution in [0.25, 0.3) is 0 Å². The van der Waals surface area contributed by atoms with Crippen LogP contribution in [0.1, 0.15) is 17.0 Å². The summed E-state index contributed by atoms with van der Waals surface area (Å²) in [6.07, 6.45) is 2.26. The fraction of sp³-hybridized carbons (Fsp3) is 0.700. The molecule has 15 heavy (non-hydrogen) atoms. The molecule has 1 aromatic heterocycles. The predicted octanol–water partition coefficient (Wildman–Crippen LogP) is 1.47. The molecule has 3 rings (SSSR count). The third kappa shape index (κ3) is 1.88. The third-order valence-corrected chi connectivity index (χ3v) is 5.31. The Bertz CT molecular complexity index is 340. The van der Waals surface area contributed by atoms with Crippen molar-refractivity contribution in [1.29, 1.82) is 0 Å². The van der Waals surface area contributed by atoms with E-state index in [4.69, 9.17) is 10.7 Å². The van der Waals surface area contributed by atoms with Crippen LogP contribution in [0, 0.1) is 0 Å². The summed E-state index contributed by atoms with van der Waals surface area (Å²) < 4.78 is 0. The molecular weight excluding hydrogens is 226 g/mol. The van der Waals surface area contributed by atoms with Gasteiger partial charge in [0.2, 0.25) is 0 Å². The third-order valence-electron chi connectivity index (χ3n) is 2.98. The van der Waals surface area contributed by atoms with E-state index in [1.54, 1.807) is 0 Å². The van der Waals surface area contributed by atoms with Crippen molar-refractivity contribution < 1.29 is 0 Å². The van der Waals surface area contributed by atoms with E-state index in [-0.39, 0.29) is 0 Å². The van der Waals surface area contributed by atoms with E-state index in [1.807, 2.05) is 23.1 Å². The highest BCUT2D eigenvalue weighted by molar-refractivity contribution is 7.98. The standard InChI is InChI=1S/C10H15N3S2/c11-7-1-3-13(5-7)10-12-8-2-4-14-6-9(8)15-10/h7H,1-6,11H2. The number of thiazole rings is 1. The SMILES string of the molecule is NC1CCN(c2nc3c(s2)CSCC3)C1. The van der Waals surface area contributed by atoms with Crippen molar-refractivity contribution in [2.75, 3.05) is 23.7 Å². The van der Waals surface area contributed by atoms with Gasteiger partial charge in [0.15, 0.2) is 5.13 Å². The topological polar surface area (TPSA) is 42.1 Å². The van der Waals surface area contributed by atoms with Crippen LogP contribution in [-0.4, -0.2) is 29.9 Å². The first-order valence-electron chi connectivity index (χ1n) is 5.40. The molecule has 0 radical (unpaired) electrons.